The molecule has 7 nitrogen and oxygen atoms in total. The van der Waals surface area contributed by atoms with Gasteiger partial charge in [0.15, 0.2) is 17.6 Å². The van der Waals surface area contributed by atoms with Crippen LogP contribution in [0.2, 0.25) is 0 Å². The zero-order chi connectivity index (χ0) is 20.8. The summed E-state index contributed by atoms with van der Waals surface area (Å²) in [6.07, 6.45) is 2.55. The molecule has 2 aliphatic heterocycles. The summed E-state index contributed by atoms with van der Waals surface area (Å²) in [5.74, 6) is 0.929. The molecule has 0 aromatic carbocycles. The zero-order valence-corrected chi connectivity index (χ0v) is 20.8. The van der Waals surface area contributed by atoms with Crippen LogP contribution < -0.4 is 15.5 Å². The van der Waals surface area contributed by atoms with Crippen LogP contribution in [-0.4, -0.2) is 74.9 Å². The van der Waals surface area contributed by atoms with E-state index in [9.17, 15) is 4.39 Å². The smallest absolute Gasteiger partial charge is 0.191 e. The van der Waals surface area contributed by atoms with Gasteiger partial charge >= 0.3 is 0 Å². The third-order valence-electron chi connectivity index (χ3n) is 5.61. The van der Waals surface area contributed by atoms with Crippen LogP contribution in [-0.2, 0) is 4.74 Å². The van der Waals surface area contributed by atoms with Gasteiger partial charge in [0.1, 0.15) is 0 Å². The van der Waals surface area contributed by atoms with Gasteiger partial charge in [-0.15, -0.1) is 35.3 Å². The quantitative estimate of drug-likeness (QED) is 0.322. The largest absolute Gasteiger partial charge is 0.379 e. The lowest BCUT2D eigenvalue weighted by Crippen LogP contribution is -2.48. The third-order valence-corrected chi connectivity index (χ3v) is 6.59. The highest BCUT2D eigenvalue weighted by Crippen LogP contribution is 2.25. The average Bonchev–Trinajstić information content (AvgIpc) is 3.47. The number of pyridine rings is 1. The summed E-state index contributed by atoms with van der Waals surface area (Å²) < 4.78 is 19.6. The Bertz CT molecular complexity index is 833. The molecule has 0 aliphatic carbocycles. The summed E-state index contributed by atoms with van der Waals surface area (Å²) in [6, 6.07) is 7.86. The number of ether oxygens (including phenoxy) is 1. The minimum atomic E-state index is -0.273. The molecule has 2 saturated heterocycles. The van der Waals surface area contributed by atoms with E-state index < -0.39 is 0 Å². The Hall–Kier alpha value is -1.50. The van der Waals surface area contributed by atoms with Crippen molar-refractivity contribution in [1.82, 2.24) is 20.5 Å². The summed E-state index contributed by atoms with van der Waals surface area (Å²) in [5, 5.41) is 9.12. The van der Waals surface area contributed by atoms with Crippen LogP contribution in [0, 0.1) is 5.82 Å². The highest BCUT2D eigenvalue weighted by atomic mass is 127. The van der Waals surface area contributed by atoms with Gasteiger partial charge in [-0.3, -0.25) is 9.89 Å². The lowest BCUT2D eigenvalue weighted by Gasteiger charge is -2.34. The second kappa shape index (κ2) is 11.9. The van der Waals surface area contributed by atoms with Crippen LogP contribution in [0.3, 0.4) is 0 Å². The molecule has 2 N–H and O–H groups in total. The van der Waals surface area contributed by atoms with Gasteiger partial charge in [0.25, 0.3) is 0 Å². The van der Waals surface area contributed by atoms with Crippen LogP contribution >= 0.6 is 35.3 Å². The van der Waals surface area contributed by atoms with Gasteiger partial charge in [-0.1, -0.05) is 6.07 Å². The average molecular weight is 560 g/mol. The number of aliphatic imine (C=N–C) groups is 1. The molecule has 170 valence electrons. The molecular weight excluding hydrogens is 530 g/mol. The second-order valence-electron chi connectivity index (χ2n) is 7.52. The zero-order valence-electron chi connectivity index (χ0n) is 17.7. The van der Waals surface area contributed by atoms with Crippen molar-refractivity contribution in [3.8, 4) is 0 Å². The first kappa shape index (κ1) is 24.1. The summed E-state index contributed by atoms with van der Waals surface area (Å²) in [7, 11) is 1.79. The fraction of sp³-hybridized carbons (Fsp3) is 0.524. The van der Waals surface area contributed by atoms with Gasteiger partial charge in [0.05, 0.1) is 19.3 Å². The highest BCUT2D eigenvalue weighted by Gasteiger charge is 2.27. The summed E-state index contributed by atoms with van der Waals surface area (Å²) in [5.41, 5.74) is 0. The summed E-state index contributed by atoms with van der Waals surface area (Å²) in [4.78, 5) is 14.4. The molecule has 0 saturated carbocycles. The van der Waals surface area contributed by atoms with E-state index in [-0.39, 0.29) is 41.9 Å². The number of nitrogens with zero attached hydrogens (tertiary/aromatic N) is 4. The summed E-state index contributed by atoms with van der Waals surface area (Å²) >= 11 is 1.78. The predicted molar refractivity (Wildman–Crippen MR) is 134 cm³/mol. The first-order valence-electron chi connectivity index (χ1n) is 10.4. The monoisotopic (exact) mass is 560 g/mol. The molecule has 0 bridgehead atoms. The van der Waals surface area contributed by atoms with E-state index in [1.165, 1.54) is 10.9 Å². The topological polar surface area (TPSA) is 65.0 Å². The normalized spacial score (nSPS) is 20.9. The number of anilines is 1. The molecule has 0 spiro atoms. The number of morpholine rings is 1. The van der Waals surface area contributed by atoms with E-state index in [0.717, 1.165) is 51.8 Å². The predicted octanol–water partition coefficient (Wildman–Crippen LogP) is 2.72. The molecule has 4 heterocycles. The standard InChI is InChI=1S/C21H29FN6OS.HI/c1-23-21(26-16-6-8-28(15-16)20-17(22)4-2-7-24-20)25-14-18(19-5-3-13-30-19)27-9-11-29-12-10-27;/h2-5,7,13,16,18H,6,8-12,14-15H2,1H3,(H2,23,25,26);1H. The molecule has 2 fully saturated rings. The van der Waals surface area contributed by atoms with E-state index in [1.54, 1.807) is 30.6 Å². The van der Waals surface area contributed by atoms with Crippen LogP contribution in [0.15, 0.2) is 40.8 Å². The van der Waals surface area contributed by atoms with Gasteiger partial charge < -0.3 is 20.3 Å². The van der Waals surface area contributed by atoms with Gasteiger partial charge in [-0.25, -0.2) is 9.37 Å². The Morgan fingerprint density at radius 3 is 2.87 bits per heavy atom. The lowest BCUT2D eigenvalue weighted by atomic mass is 10.2. The maximum atomic E-state index is 14.0. The Labute approximate surface area is 204 Å². The first-order chi connectivity index (χ1) is 14.7. The van der Waals surface area contributed by atoms with Crippen molar-refractivity contribution in [1.29, 1.82) is 0 Å². The highest BCUT2D eigenvalue weighted by molar-refractivity contribution is 14.0. The van der Waals surface area contributed by atoms with Crippen molar-refractivity contribution in [3.05, 3.63) is 46.5 Å². The van der Waals surface area contributed by atoms with Gasteiger partial charge in [0, 0.05) is 56.9 Å². The number of rotatable bonds is 6. The molecule has 31 heavy (non-hydrogen) atoms. The van der Waals surface area contributed by atoms with Crippen LogP contribution in [0.4, 0.5) is 10.2 Å². The van der Waals surface area contributed by atoms with Crippen molar-refractivity contribution in [2.24, 2.45) is 4.99 Å². The lowest BCUT2D eigenvalue weighted by molar-refractivity contribution is 0.0177. The molecular formula is C21H30FIN6OS. The minimum absolute atomic E-state index is 0. The van der Waals surface area contributed by atoms with Crippen molar-refractivity contribution in [3.63, 3.8) is 0 Å². The maximum Gasteiger partial charge on any atom is 0.191 e. The number of hydrogen-bond donors (Lipinski definition) is 2. The number of nitrogens with one attached hydrogen (secondary N) is 2. The van der Waals surface area contributed by atoms with Gasteiger partial charge in [-0.2, -0.15) is 0 Å². The van der Waals surface area contributed by atoms with Gasteiger partial charge in [0.2, 0.25) is 0 Å². The Morgan fingerprint density at radius 2 is 2.16 bits per heavy atom. The van der Waals surface area contributed by atoms with E-state index >= 15 is 0 Å². The van der Waals surface area contributed by atoms with Gasteiger partial charge in [-0.05, 0) is 30.0 Å². The van der Waals surface area contributed by atoms with Crippen molar-refractivity contribution >= 4 is 47.1 Å². The minimum Gasteiger partial charge on any atom is -0.379 e. The van der Waals surface area contributed by atoms with E-state index in [0.29, 0.717) is 12.4 Å². The molecule has 0 radical (unpaired) electrons. The first-order valence-corrected chi connectivity index (χ1v) is 11.3. The van der Waals surface area contributed by atoms with E-state index in [2.05, 4.69) is 43.0 Å². The maximum absolute atomic E-state index is 14.0. The Balaban J connectivity index is 0.00000272. The van der Waals surface area contributed by atoms with E-state index in [4.69, 9.17) is 4.74 Å². The molecule has 2 atom stereocenters. The fourth-order valence-electron chi connectivity index (χ4n) is 4.04. The van der Waals surface area contributed by atoms with Crippen LogP contribution in [0.1, 0.15) is 17.3 Å². The fourth-order valence-corrected chi connectivity index (χ4v) is 4.90. The number of halogens is 2. The Kier molecular flexibility index (Phi) is 9.30. The SMILES string of the molecule is CN=C(NCC(c1cccs1)N1CCOCC1)NC1CCN(c2ncccc2F)C1.I. The Morgan fingerprint density at radius 1 is 1.32 bits per heavy atom. The molecule has 4 rings (SSSR count). The van der Waals surface area contributed by atoms with Crippen LogP contribution in [0.5, 0.6) is 0 Å². The molecule has 2 aromatic heterocycles. The number of hydrogen-bond acceptors (Lipinski definition) is 6. The molecule has 0 amide bonds. The molecule has 2 unspecified atom stereocenters. The molecule has 2 aliphatic rings. The van der Waals surface area contributed by atoms with Crippen molar-refractivity contribution in [2.45, 2.75) is 18.5 Å². The molecule has 2 aromatic rings. The number of guanidine groups is 1. The number of thiophene rings is 1. The summed E-state index contributed by atoms with van der Waals surface area (Å²) in [6.45, 7) is 5.66. The van der Waals surface area contributed by atoms with Crippen molar-refractivity contribution in [2.75, 3.05) is 57.9 Å². The van der Waals surface area contributed by atoms with E-state index in [1.807, 2.05) is 4.90 Å². The number of aromatic nitrogens is 1. The van der Waals surface area contributed by atoms with Crippen molar-refractivity contribution < 1.29 is 9.13 Å². The molecule has 10 heteroatoms. The second-order valence-corrected chi connectivity index (χ2v) is 8.50. The third kappa shape index (κ3) is 6.27. The van der Waals surface area contributed by atoms with Crippen LogP contribution in [0.25, 0.3) is 0 Å².